The van der Waals surface area contributed by atoms with Crippen molar-refractivity contribution in [1.82, 2.24) is 9.55 Å². The zero-order chi connectivity index (χ0) is 22.7. The number of esters is 1. The minimum atomic E-state index is -0.851. The van der Waals surface area contributed by atoms with E-state index in [0.29, 0.717) is 17.8 Å². The molecule has 0 aliphatic carbocycles. The normalized spacial score (nSPS) is 17.9. The Morgan fingerprint density at radius 2 is 1.90 bits per heavy atom. The number of benzene rings is 1. The number of unbranched alkanes of at least 4 members (excludes halogenated alkanes) is 1. The lowest BCUT2D eigenvalue weighted by molar-refractivity contribution is -0.146. The minimum absolute atomic E-state index is 0.139. The van der Waals surface area contributed by atoms with E-state index in [9.17, 15) is 18.8 Å². The van der Waals surface area contributed by atoms with Gasteiger partial charge in [-0.3, -0.25) is 19.1 Å². The molecule has 2 heterocycles. The van der Waals surface area contributed by atoms with E-state index in [1.807, 2.05) is 20.8 Å². The number of nitrogens with zero attached hydrogens (tertiary/aromatic N) is 2. The van der Waals surface area contributed by atoms with E-state index in [0.717, 1.165) is 12.8 Å². The number of hydrogen-bond acceptors (Lipinski definition) is 5. The maximum absolute atomic E-state index is 13.6. The van der Waals surface area contributed by atoms with Crippen LogP contribution in [0.25, 0.3) is 0 Å². The van der Waals surface area contributed by atoms with Gasteiger partial charge in [0, 0.05) is 18.2 Å². The number of aliphatic imine (C=N–C) groups is 1. The highest BCUT2D eigenvalue weighted by Crippen LogP contribution is 2.42. The van der Waals surface area contributed by atoms with Gasteiger partial charge in [-0.25, -0.2) is 14.2 Å². The van der Waals surface area contributed by atoms with Gasteiger partial charge in [0.05, 0.1) is 12.2 Å². The van der Waals surface area contributed by atoms with E-state index in [-0.39, 0.29) is 23.9 Å². The van der Waals surface area contributed by atoms with Crippen molar-refractivity contribution in [2.24, 2.45) is 16.8 Å². The van der Waals surface area contributed by atoms with Crippen molar-refractivity contribution in [3.63, 3.8) is 0 Å². The molecule has 0 fully saturated rings. The first kappa shape index (κ1) is 22.7. The lowest BCUT2D eigenvalue weighted by Gasteiger charge is -2.33. The Labute approximate surface area is 180 Å². The molecule has 3 rings (SSSR count). The summed E-state index contributed by atoms with van der Waals surface area (Å²) in [4.78, 5) is 45.7. The molecule has 0 saturated carbocycles. The molecule has 8 heteroatoms. The van der Waals surface area contributed by atoms with Gasteiger partial charge in [0.15, 0.2) is 0 Å². The molecule has 7 nitrogen and oxygen atoms in total. The maximum atomic E-state index is 13.6. The van der Waals surface area contributed by atoms with E-state index in [4.69, 9.17) is 4.74 Å². The van der Waals surface area contributed by atoms with Crippen molar-refractivity contribution >= 4 is 17.5 Å². The number of rotatable bonds is 7. The first-order chi connectivity index (χ1) is 14.8. The zero-order valence-electron chi connectivity index (χ0n) is 18.3. The van der Waals surface area contributed by atoms with E-state index < -0.39 is 34.9 Å². The number of nitrogens with one attached hydrogen (secondary N) is 1. The number of carbonyl (C=O) groups excluding carboxylic acids is 1. The Morgan fingerprint density at radius 3 is 2.48 bits per heavy atom. The van der Waals surface area contributed by atoms with Gasteiger partial charge in [-0.05, 0) is 37.0 Å². The average Bonchev–Trinajstić information content (AvgIpc) is 2.73. The highest BCUT2D eigenvalue weighted by Gasteiger charge is 2.43. The Balaban J connectivity index is 2.36. The van der Waals surface area contributed by atoms with Crippen molar-refractivity contribution in [3.8, 4) is 0 Å². The molecular weight excluding hydrogens is 401 g/mol. The summed E-state index contributed by atoms with van der Waals surface area (Å²) in [6.07, 6.45) is 1.58. The fraction of sp³-hybridized carbons (Fsp3) is 0.478. The van der Waals surface area contributed by atoms with Gasteiger partial charge < -0.3 is 4.74 Å². The monoisotopic (exact) mass is 429 g/mol. The summed E-state index contributed by atoms with van der Waals surface area (Å²) >= 11 is 0. The highest BCUT2D eigenvalue weighted by molar-refractivity contribution is 6.06. The third-order valence-electron chi connectivity index (χ3n) is 5.50. The third kappa shape index (κ3) is 4.38. The molecule has 31 heavy (non-hydrogen) atoms. The summed E-state index contributed by atoms with van der Waals surface area (Å²) in [6, 6.07) is 5.69. The first-order valence-electron chi connectivity index (χ1n) is 10.7. The van der Waals surface area contributed by atoms with Crippen molar-refractivity contribution in [1.29, 1.82) is 0 Å². The Kier molecular flexibility index (Phi) is 6.87. The third-order valence-corrected chi connectivity index (χ3v) is 5.50. The molecular formula is C23H28FN3O4. The molecule has 0 saturated heterocycles. The standard InChI is InChI=1S/C23H28FN3O4/c1-5-7-12-27-20-18(21(28)26-23(27)30)16(14-8-10-15(24)11-9-14)17(22(29)31-6-2)19(25-20)13(3)4/h8-11,13,16-17H,5-7,12H2,1-4H3,(H,26,28,30). The van der Waals surface area contributed by atoms with Crippen molar-refractivity contribution in [2.45, 2.75) is 53.0 Å². The SMILES string of the molecule is CCCCn1c2c(c(=O)[nH]c1=O)C(c1ccc(F)cc1)C(C(=O)OCC)C(C(C)C)=N2. The van der Waals surface area contributed by atoms with Crippen molar-refractivity contribution in [3.05, 3.63) is 62.0 Å². The van der Waals surface area contributed by atoms with Crippen LogP contribution in [0.4, 0.5) is 10.2 Å². The lowest BCUT2D eigenvalue weighted by Crippen LogP contribution is -2.43. The lowest BCUT2D eigenvalue weighted by atomic mass is 9.74. The number of H-pyrrole nitrogens is 1. The fourth-order valence-corrected chi connectivity index (χ4v) is 4.04. The van der Waals surface area contributed by atoms with Gasteiger partial charge in [-0.1, -0.05) is 39.3 Å². The molecule has 1 aromatic carbocycles. The number of ether oxygens (including phenoxy) is 1. The molecule has 1 aliphatic heterocycles. The van der Waals surface area contributed by atoms with Gasteiger partial charge in [0.1, 0.15) is 17.6 Å². The van der Waals surface area contributed by atoms with Gasteiger partial charge in [0.2, 0.25) is 0 Å². The Morgan fingerprint density at radius 1 is 1.23 bits per heavy atom. The predicted molar refractivity (Wildman–Crippen MR) is 117 cm³/mol. The molecule has 0 amide bonds. The molecule has 1 N–H and O–H groups in total. The number of halogens is 1. The van der Waals surface area contributed by atoms with Gasteiger partial charge >= 0.3 is 11.7 Å². The Hall–Kier alpha value is -3.03. The number of aromatic nitrogens is 2. The van der Waals surface area contributed by atoms with Crippen LogP contribution in [0.1, 0.15) is 57.6 Å². The molecule has 1 aromatic heterocycles. The largest absolute Gasteiger partial charge is 0.465 e. The van der Waals surface area contributed by atoms with Gasteiger partial charge in [0.25, 0.3) is 5.56 Å². The van der Waals surface area contributed by atoms with E-state index >= 15 is 0 Å². The summed E-state index contributed by atoms with van der Waals surface area (Å²) < 4.78 is 20.4. The van der Waals surface area contributed by atoms with E-state index in [2.05, 4.69) is 9.98 Å². The maximum Gasteiger partial charge on any atom is 0.329 e. The smallest absolute Gasteiger partial charge is 0.329 e. The van der Waals surface area contributed by atoms with Crippen molar-refractivity contribution in [2.75, 3.05) is 6.61 Å². The van der Waals surface area contributed by atoms with Gasteiger partial charge in [-0.2, -0.15) is 0 Å². The molecule has 0 spiro atoms. The minimum Gasteiger partial charge on any atom is -0.465 e. The summed E-state index contributed by atoms with van der Waals surface area (Å²) in [6.45, 7) is 8.09. The summed E-state index contributed by atoms with van der Waals surface area (Å²) in [5, 5.41) is 0. The molecule has 0 radical (unpaired) electrons. The van der Waals surface area contributed by atoms with Crippen LogP contribution < -0.4 is 11.2 Å². The predicted octanol–water partition coefficient (Wildman–Crippen LogP) is 3.53. The van der Waals surface area contributed by atoms with Crippen LogP contribution in [-0.4, -0.2) is 27.8 Å². The van der Waals surface area contributed by atoms with E-state index in [1.165, 1.54) is 16.7 Å². The number of carbonyl (C=O) groups is 1. The van der Waals surface area contributed by atoms with Crippen LogP contribution in [0.2, 0.25) is 0 Å². The average molecular weight is 429 g/mol. The molecule has 166 valence electrons. The van der Waals surface area contributed by atoms with Crippen LogP contribution >= 0.6 is 0 Å². The number of hydrogen-bond donors (Lipinski definition) is 1. The summed E-state index contributed by atoms with van der Waals surface area (Å²) in [5.41, 5.74) is 0.222. The second-order valence-corrected chi connectivity index (χ2v) is 7.95. The molecule has 1 aliphatic rings. The second kappa shape index (κ2) is 9.41. The van der Waals surface area contributed by atoms with Gasteiger partial charge in [-0.15, -0.1) is 0 Å². The second-order valence-electron chi connectivity index (χ2n) is 7.95. The quantitative estimate of drug-likeness (QED) is 0.682. The fourth-order valence-electron chi connectivity index (χ4n) is 4.04. The molecule has 0 bridgehead atoms. The van der Waals surface area contributed by atoms with Crippen LogP contribution in [-0.2, 0) is 16.1 Å². The van der Waals surface area contributed by atoms with Crippen molar-refractivity contribution < 1.29 is 13.9 Å². The Bertz CT molecular complexity index is 1100. The van der Waals surface area contributed by atoms with Crippen LogP contribution in [0.5, 0.6) is 0 Å². The molecule has 2 atom stereocenters. The number of aromatic amines is 1. The highest BCUT2D eigenvalue weighted by atomic mass is 19.1. The summed E-state index contributed by atoms with van der Waals surface area (Å²) in [7, 11) is 0. The number of fused-ring (bicyclic) bond motifs is 1. The summed E-state index contributed by atoms with van der Waals surface area (Å²) in [5.74, 6) is -2.40. The topological polar surface area (TPSA) is 93.5 Å². The molecule has 2 aromatic rings. The van der Waals surface area contributed by atoms with Crippen LogP contribution in [0.3, 0.4) is 0 Å². The molecule has 2 unspecified atom stereocenters. The van der Waals surface area contributed by atoms with Crippen LogP contribution in [0.15, 0.2) is 38.8 Å². The zero-order valence-corrected chi connectivity index (χ0v) is 18.3. The first-order valence-corrected chi connectivity index (χ1v) is 10.7. The van der Waals surface area contributed by atoms with Crippen LogP contribution in [0, 0.1) is 17.7 Å². The van der Waals surface area contributed by atoms with E-state index in [1.54, 1.807) is 19.1 Å².